The Bertz CT molecular complexity index is 1720. The summed E-state index contributed by atoms with van der Waals surface area (Å²) in [6.07, 6.45) is 95.0. The van der Waals surface area contributed by atoms with Gasteiger partial charge in [0.15, 0.2) is 6.10 Å². The number of hydrogen-bond donors (Lipinski definition) is 2. The van der Waals surface area contributed by atoms with Crippen molar-refractivity contribution in [1.82, 2.24) is 0 Å². The average Bonchev–Trinajstić information content (AvgIpc) is 3.52. The molecule has 0 amide bonds. The van der Waals surface area contributed by atoms with Crippen LogP contribution in [0.3, 0.4) is 0 Å². The lowest BCUT2D eigenvalue weighted by atomic mass is 10.0. The van der Waals surface area contributed by atoms with Gasteiger partial charge in [0.1, 0.15) is 6.61 Å². The highest BCUT2D eigenvalue weighted by Crippen LogP contribution is 2.43. The monoisotopic (exact) mass is 1210 g/mol. The molecule has 0 heterocycles. The third-order valence-electron chi connectivity index (χ3n) is 15.5. The summed E-state index contributed by atoms with van der Waals surface area (Å²) in [5.41, 5.74) is 5.41. The van der Waals surface area contributed by atoms with Gasteiger partial charge in [0.2, 0.25) is 0 Å². The van der Waals surface area contributed by atoms with E-state index in [9.17, 15) is 19.0 Å². The first-order valence-electron chi connectivity index (χ1n) is 35.7. The lowest BCUT2D eigenvalue weighted by molar-refractivity contribution is -0.161. The van der Waals surface area contributed by atoms with Crippen molar-refractivity contribution in [2.24, 2.45) is 5.73 Å². The molecule has 492 valence electrons. The molecule has 9 nitrogen and oxygen atoms in total. The van der Waals surface area contributed by atoms with Crippen molar-refractivity contribution in [3.63, 3.8) is 0 Å². The van der Waals surface area contributed by atoms with Crippen LogP contribution in [0.15, 0.2) is 97.2 Å². The van der Waals surface area contributed by atoms with E-state index in [0.717, 1.165) is 83.5 Å². The summed E-state index contributed by atoms with van der Waals surface area (Å²) in [5.74, 6) is -0.817. The van der Waals surface area contributed by atoms with Crippen LogP contribution in [0, 0.1) is 0 Å². The molecule has 0 aliphatic carbocycles. The fourth-order valence-corrected chi connectivity index (χ4v) is 11.0. The minimum atomic E-state index is -4.40. The Kier molecular flexibility index (Phi) is 67.5. The SMILES string of the molecule is CC/C=C\C/C=C\C/C=C\C/C=C\C/C=C\CCCCCCCCCCCCCCCCCC(=O)OC(COC(=O)CCCCCCCCCCCCCCCCCCCC/C=C\C/C=C\C/C=C\CCCCCCC)COP(=O)(O)OCCN. The minimum absolute atomic E-state index is 0.0517. The van der Waals surface area contributed by atoms with Crippen molar-refractivity contribution in [2.45, 2.75) is 341 Å². The smallest absolute Gasteiger partial charge is 0.462 e. The van der Waals surface area contributed by atoms with Crippen LogP contribution in [-0.2, 0) is 32.7 Å². The van der Waals surface area contributed by atoms with E-state index < -0.39 is 26.5 Å². The van der Waals surface area contributed by atoms with Crippen LogP contribution in [0.1, 0.15) is 335 Å². The summed E-state index contributed by atoms with van der Waals surface area (Å²) in [5, 5.41) is 0. The topological polar surface area (TPSA) is 134 Å². The molecule has 0 aromatic carbocycles. The van der Waals surface area contributed by atoms with E-state index in [0.29, 0.717) is 6.42 Å². The van der Waals surface area contributed by atoms with Crippen LogP contribution < -0.4 is 5.73 Å². The average molecular weight is 1210 g/mol. The minimum Gasteiger partial charge on any atom is -0.462 e. The standard InChI is InChI=1S/C75H134NO8P/c1-3-5-7-9-11-13-15-17-19-21-23-25-27-29-31-33-35-36-38-39-41-43-45-47-49-51-53-55-57-59-61-63-65-67-74(77)81-71-73(72-83-85(79,80)82-70-69-76)84-75(78)68-66-64-62-60-58-56-54-52-50-48-46-44-42-40-37-34-32-30-28-26-24-22-20-18-16-14-12-10-8-6-4-2/h6,8,12,14-15,17-18,20-21,23-24,26-27,29-30,32,73H,3-5,7,9-11,13,16,19,22,25,28,31,33-72,76H2,1-2H3,(H,79,80)/b8-6-,14-12-,17-15-,20-18-,23-21-,26-24-,29-27-,32-30-. The molecule has 0 aromatic heterocycles. The first-order chi connectivity index (χ1) is 41.8. The molecule has 0 saturated carbocycles. The second-order valence-corrected chi connectivity index (χ2v) is 25.2. The second-order valence-electron chi connectivity index (χ2n) is 23.7. The van der Waals surface area contributed by atoms with Gasteiger partial charge in [0.25, 0.3) is 0 Å². The zero-order valence-corrected chi connectivity index (χ0v) is 56.2. The van der Waals surface area contributed by atoms with E-state index in [1.54, 1.807) is 0 Å². The van der Waals surface area contributed by atoms with E-state index >= 15 is 0 Å². The number of allylic oxidation sites excluding steroid dienone is 16. The van der Waals surface area contributed by atoms with Gasteiger partial charge in [-0.15, -0.1) is 0 Å². The molecule has 0 rings (SSSR count). The van der Waals surface area contributed by atoms with Crippen molar-refractivity contribution >= 4 is 19.8 Å². The predicted molar refractivity (Wildman–Crippen MR) is 367 cm³/mol. The molecular weight excluding hydrogens is 1070 g/mol. The van der Waals surface area contributed by atoms with Gasteiger partial charge in [-0.3, -0.25) is 18.6 Å². The Labute approximate surface area is 525 Å². The van der Waals surface area contributed by atoms with Gasteiger partial charge in [-0.05, 0) is 96.3 Å². The number of hydrogen-bond acceptors (Lipinski definition) is 8. The van der Waals surface area contributed by atoms with Crippen molar-refractivity contribution in [1.29, 1.82) is 0 Å². The first-order valence-corrected chi connectivity index (χ1v) is 37.2. The Morgan fingerprint density at radius 3 is 0.965 bits per heavy atom. The molecule has 0 spiro atoms. The number of esters is 2. The lowest BCUT2D eigenvalue weighted by Gasteiger charge is -2.19. The summed E-state index contributed by atoms with van der Waals surface area (Å²) in [6.45, 7) is 3.66. The van der Waals surface area contributed by atoms with Crippen LogP contribution in [0.2, 0.25) is 0 Å². The van der Waals surface area contributed by atoms with Crippen LogP contribution in [0.5, 0.6) is 0 Å². The number of ether oxygens (including phenoxy) is 2. The third kappa shape index (κ3) is 69.9. The van der Waals surface area contributed by atoms with Gasteiger partial charge >= 0.3 is 19.8 Å². The first kappa shape index (κ1) is 81.9. The molecule has 2 atom stereocenters. The van der Waals surface area contributed by atoms with E-state index in [-0.39, 0.29) is 38.6 Å². The zero-order chi connectivity index (χ0) is 61.6. The van der Waals surface area contributed by atoms with Gasteiger partial charge in [-0.25, -0.2) is 4.57 Å². The molecule has 0 radical (unpaired) electrons. The van der Waals surface area contributed by atoms with Crippen molar-refractivity contribution < 1.29 is 37.6 Å². The summed E-state index contributed by atoms with van der Waals surface area (Å²) < 4.78 is 33.2. The Balaban J connectivity index is 3.86. The summed E-state index contributed by atoms with van der Waals surface area (Å²) in [4.78, 5) is 35.4. The van der Waals surface area contributed by atoms with Crippen LogP contribution in [0.4, 0.5) is 0 Å². The fourth-order valence-electron chi connectivity index (χ4n) is 10.2. The normalized spacial score (nSPS) is 13.5. The predicted octanol–water partition coefficient (Wildman–Crippen LogP) is 23.5. The van der Waals surface area contributed by atoms with E-state index in [1.807, 2.05) is 0 Å². The highest BCUT2D eigenvalue weighted by atomic mass is 31.2. The molecular formula is C75H134NO8P. The molecule has 2 unspecified atom stereocenters. The molecule has 3 N–H and O–H groups in total. The van der Waals surface area contributed by atoms with Gasteiger partial charge in [-0.2, -0.15) is 0 Å². The lowest BCUT2D eigenvalue weighted by Crippen LogP contribution is -2.29. The number of phosphoric acid groups is 1. The van der Waals surface area contributed by atoms with E-state index in [2.05, 4.69) is 111 Å². The summed E-state index contributed by atoms with van der Waals surface area (Å²) in [7, 11) is -4.40. The number of nitrogens with two attached hydrogens (primary N) is 1. The molecule has 0 aliphatic heterocycles. The van der Waals surface area contributed by atoms with Crippen LogP contribution >= 0.6 is 7.82 Å². The largest absolute Gasteiger partial charge is 0.472 e. The quantitative estimate of drug-likeness (QED) is 0.0264. The maximum atomic E-state index is 12.8. The van der Waals surface area contributed by atoms with Crippen molar-refractivity contribution in [2.75, 3.05) is 26.4 Å². The Hall–Kier alpha value is -3.07. The van der Waals surface area contributed by atoms with Gasteiger partial charge in [0.05, 0.1) is 13.2 Å². The number of rotatable bonds is 67. The molecule has 0 saturated heterocycles. The Morgan fingerprint density at radius 2 is 0.647 bits per heavy atom. The number of unbranched alkanes of at least 4 members (excludes halogenated alkanes) is 38. The maximum Gasteiger partial charge on any atom is 0.472 e. The molecule has 85 heavy (non-hydrogen) atoms. The van der Waals surface area contributed by atoms with E-state index in [1.165, 1.54) is 218 Å². The van der Waals surface area contributed by atoms with Gasteiger partial charge in [0, 0.05) is 19.4 Å². The molecule has 0 aromatic rings. The zero-order valence-electron chi connectivity index (χ0n) is 55.3. The molecule has 10 heteroatoms. The maximum absolute atomic E-state index is 12.8. The van der Waals surface area contributed by atoms with Crippen molar-refractivity contribution in [3.05, 3.63) is 97.2 Å². The summed E-state index contributed by atoms with van der Waals surface area (Å²) in [6, 6.07) is 0. The van der Waals surface area contributed by atoms with Gasteiger partial charge < -0.3 is 20.1 Å². The molecule has 0 aliphatic rings. The number of carbonyl (C=O) groups is 2. The highest BCUT2D eigenvalue weighted by molar-refractivity contribution is 7.47. The van der Waals surface area contributed by atoms with E-state index in [4.69, 9.17) is 24.3 Å². The fraction of sp³-hybridized carbons (Fsp3) is 0.760. The van der Waals surface area contributed by atoms with Crippen LogP contribution in [-0.4, -0.2) is 49.3 Å². The third-order valence-corrected chi connectivity index (χ3v) is 16.4. The van der Waals surface area contributed by atoms with Crippen molar-refractivity contribution in [3.8, 4) is 0 Å². The Morgan fingerprint density at radius 1 is 0.365 bits per heavy atom. The molecule has 0 bridgehead atoms. The highest BCUT2D eigenvalue weighted by Gasteiger charge is 2.26. The van der Waals surface area contributed by atoms with Crippen LogP contribution in [0.25, 0.3) is 0 Å². The number of phosphoric ester groups is 1. The number of carbonyl (C=O) groups excluding carboxylic acids is 2. The molecule has 0 fully saturated rings. The summed E-state index contributed by atoms with van der Waals surface area (Å²) >= 11 is 0. The van der Waals surface area contributed by atoms with Gasteiger partial charge in [-0.1, -0.05) is 323 Å². The second kappa shape index (κ2) is 70.0.